The molecule has 0 saturated heterocycles. The molecule has 2 N–H and O–H groups in total. The molecule has 2 aromatic carbocycles. The van der Waals surface area contributed by atoms with Crippen LogP contribution in [0.4, 0.5) is 0 Å². The second kappa shape index (κ2) is 6.65. The summed E-state index contributed by atoms with van der Waals surface area (Å²) in [5.41, 5.74) is 5.19. The molecule has 23 heavy (non-hydrogen) atoms. The fraction of sp³-hybridized carbons (Fsp3) is 0.263. The van der Waals surface area contributed by atoms with Crippen molar-refractivity contribution in [2.45, 2.75) is 25.7 Å². The zero-order chi connectivity index (χ0) is 16.2. The fourth-order valence-corrected chi connectivity index (χ4v) is 2.81. The quantitative estimate of drug-likeness (QED) is 0.656. The highest BCUT2D eigenvalue weighted by Crippen LogP contribution is 2.47. The molecular weight excluding hydrogens is 288 g/mol. The normalized spacial score (nSPS) is 20.1. The lowest BCUT2D eigenvalue weighted by Crippen LogP contribution is -2.22. The zero-order valence-corrected chi connectivity index (χ0v) is 13.1. The molecule has 118 valence electrons. The van der Waals surface area contributed by atoms with Crippen molar-refractivity contribution in [3.05, 3.63) is 65.7 Å². The number of hydrazone groups is 1. The summed E-state index contributed by atoms with van der Waals surface area (Å²) >= 11 is 0. The van der Waals surface area contributed by atoms with Crippen LogP contribution in [0.3, 0.4) is 0 Å². The van der Waals surface area contributed by atoms with Gasteiger partial charge in [0.1, 0.15) is 5.75 Å². The van der Waals surface area contributed by atoms with Gasteiger partial charge in [0.15, 0.2) is 0 Å². The van der Waals surface area contributed by atoms with Crippen molar-refractivity contribution in [2.24, 2.45) is 11.0 Å². The summed E-state index contributed by atoms with van der Waals surface area (Å²) in [6, 6.07) is 17.1. The van der Waals surface area contributed by atoms with Gasteiger partial charge in [0.2, 0.25) is 5.91 Å². The summed E-state index contributed by atoms with van der Waals surface area (Å²) in [7, 11) is 0. The first-order valence-corrected chi connectivity index (χ1v) is 7.90. The molecule has 0 aliphatic heterocycles. The Morgan fingerprint density at radius 2 is 1.87 bits per heavy atom. The number of phenolic OH excluding ortho intramolecular Hbond substituents is 1. The largest absolute Gasteiger partial charge is 0.507 e. The van der Waals surface area contributed by atoms with Gasteiger partial charge < -0.3 is 5.11 Å². The lowest BCUT2D eigenvalue weighted by atomic mass is 10.1. The molecule has 2 atom stereocenters. The molecule has 1 fully saturated rings. The van der Waals surface area contributed by atoms with E-state index in [1.807, 2.05) is 31.2 Å². The Kier molecular flexibility index (Phi) is 4.42. The van der Waals surface area contributed by atoms with Gasteiger partial charge in [-0.1, -0.05) is 49.4 Å². The smallest absolute Gasteiger partial charge is 0.243 e. The minimum absolute atomic E-state index is 0.0105. The van der Waals surface area contributed by atoms with Crippen LogP contribution in [0.1, 0.15) is 36.8 Å². The summed E-state index contributed by atoms with van der Waals surface area (Å²) in [5, 5.41) is 14.1. The van der Waals surface area contributed by atoms with E-state index in [1.54, 1.807) is 18.2 Å². The van der Waals surface area contributed by atoms with Crippen LogP contribution in [-0.4, -0.2) is 16.7 Å². The lowest BCUT2D eigenvalue weighted by molar-refractivity contribution is -0.122. The monoisotopic (exact) mass is 308 g/mol. The molecule has 4 nitrogen and oxygen atoms in total. The number of nitrogens with zero attached hydrogens (tertiary/aromatic N) is 1. The molecule has 0 bridgehead atoms. The first kappa shape index (κ1) is 15.3. The summed E-state index contributed by atoms with van der Waals surface area (Å²) in [6.07, 6.45) is 1.49. The third-order valence-corrected chi connectivity index (χ3v) is 4.21. The first-order chi connectivity index (χ1) is 11.2. The molecular formula is C19H20N2O2. The molecule has 4 heteroatoms. The van der Waals surface area contributed by atoms with Gasteiger partial charge in [-0.3, -0.25) is 4.79 Å². The van der Waals surface area contributed by atoms with Crippen LogP contribution < -0.4 is 5.43 Å². The van der Waals surface area contributed by atoms with E-state index in [9.17, 15) is 9.90 Å². The Labute approximate surface area is 135 Å². The second-order valence-corrected chi connectivity index (χ2v) is 5.76. The number of hydrogen-bond donors (Lipinski definition) is 2. The second-order valence-electron chi connectivity index (χ2n) is 5.76. The number of phenols is 1. The summed E-state index contributed by atoms with van der Waals surface area (Å²) in [5.74, 6) is 0.404. The predicted molar refractivity (Wildman–Crippen MR) is 90.4 cm³/mol. The van der Waals surface area contributed by atoms with Gasteiger partial charge in [0.05, 0.1) is 5.71 Å². The SMILES string of the molecule is CC/C(=N/NC(=O)[C@H]1C[C@H]1c1ccccc1)c1ccccc1O. The maximum Gasteiger partial charge on any atom is 0.243 e. The number of para-hydroxylation sites is 1. The van der Waals surface area contributed by atoms with Gasteiger partial charge >= 0.3 is 0 Å². The Morgan fingerprint density at radius 1 is 1.17 bits per heavy atom. The maximum absolute atomic E-state index is 12.2. The number of rotatable bonds is 5. The van der Waals surface area contributed by atoms with E-state index < -0.39 is 0 Å². The van der Waals surface area contributed by atoms with Gasteiger partial charge in [0.25, 0.3) is 0 Å². The summed E-state index contributed by atoms with van der Waals surface area (Å²) < 4.78 is 0. The van der Waals surface area contributed by atoms with Crippen molar-refractivity contribution >= 4 is 11.6 Å². The third-order valence-electron chi connectivity index (χ3n) is 4.21. The standard InChI is InChI=1S/C19H20N2O2/c1-2-17(14-10-6-7-11-18(14)22)20-21-19(23)16-12-15(16)13-8-4-3-5-9-13/h3-11,15-16,22H,2,12H2,1H3,(H,21,23)/b20-17-/t15-,16-/m0/s1. The Morgan fingerprint density at radius 3 is 2.57 bits per heavy atom. The van der Waals surface area contributed by atoms with Crippen LogP contribution in [0.25, 0.3) is 0 Å². The number of amides is 1. The minimum Gasteiger partial charge on any atom is -0.507 e. The molecule has 0 radical (unpaired) electrons. The highest BCUT2D eigenvalue weighted by atomic mass is 16.3. The number of nitrogens with one attached hydrogen (secondary N) is 1. The fourth-order valence-electron chi connectivity index (χ4n) is 2.81. The molecule has 0 unspecified atom stereocenters. The van der Waals surface area contributed by atoms with E-state index >= 15 is 0 Å². The highest BCUT2D eigenvalue weighted by Gasteiger charge is 2.43. The Balaban J connectivity index is 1.65. The van der Waals surface area contributed by atoms with Crippen LogP contribution in [0.5, 0.6) is 5.75 Å². The number of benzene rings is 2. The van der Waals surface area contributed by atoms with Crippen molar-refractivity contribution in [3.63, 3.8) is 0 Å². The number of aromatic hydroxyl groups is 1. The maximum atomic E-state index is 12.2. The van der Waals surface area contributed by atoms with Gasteiger partial charge in [0, 0.05) is 11.5 Å². The van der Waals surface area contributed by atoms with Crippen LogP contribution >= 0.6 is 0 Å². The predicted octanol–water partition coefficient (Wildman–Crippen LogP) is 3.43. The van der Waals surface area contributed by atoms with Crippen molar-refractivity contribution in [3.8, 4) is 5.75 Å². The van der Waals surface area contributed by atoms with E-state index in [1.165, 1.54) is 5.56 Å². The number of hydrogen-bond acceptors (Lipinski definition) is 3. The van der Waals surface area contributed by atoms with E-state index in [2.05, 4.69) is 22.7 Å². The van der Waals surface area contributed by atoms with E-state index in [0.717, 1.165) is 6.42 Å². The van der Waals surface area contributed by atoms with Crippen molar-refractivity contribution in [1.29, 1.82) is 0 Å². The zero-order valence-electron chi connectivity index (χ0n) is 13.1. The van der Waals surface area contributed by atoms with Crippen molar-refractivity contribution in [1.82, 2.24) is 5.43 Å². The molecule has 1 aliphatic rings. The van der Waals surface area contributed by atoms with Gasteiger partial charge in [-0.15, -0.1) is 0 Å². The van der Waals surface area contributed by atoms with Crippen LogP contribution in [0.15, 0.2) is 59.7 Å². The Hall–Kier alpha value is -2.62. The Bertz CT molecular complexity index is 725. The molecule has 0 aromatic heterocycles. The van der Waals surface area contributed by atoms with Crippen LogP contribution in [0.2, 0.25) is 0 Å². The van der Waals surface area contributed by atoms with Crippen molar-refractivity contribution in [2.75, 3.05) is 0 Å². The molecule has 2 aromatic rings. The molecule has 1 saturated carbocycles. The number of carbonyl (C=O) groups excluding carboxylic acids is 1. The molecule has 0 spiro atoms. The van der Waals surface area contributed by atoms with Crippen LogP contribution in [0, 0.1) is 5.92 Å². The van der Waals surface area contributed by atoms with Crippen molar-refractivity contribution < 1.29 is 9.90 Å². The number of carbonyl (C=O) groups is 1. The summed E-state index contributed by atoms with van der Waals surface area (Å²) in [6.45, 7) is 1.95. The molecule has 1 amide bonds. The first-order valence-electron chi connectivity index (χ1n) is 7.90. The van der Waals surface area contributed by atoms with Gasteiger partial charge in [-0.25, -0.2) is 5.43 Å². The van der Waals surface area contributed by atoms with Crippen LogP contribution in [-0.2, 0) is 4.79 Å². The molecule has 0 heterocycles. The minimum atomic E-state index is -0.0553. The summed E-state index contributed by atoms with van der Waals surface area (Å²) in [4.78, 5) is 12.2. The lowest BCUT2D eigenvalue weighted by Gasteiger charge is -2.07. The topological polar surface area (TPSA) is 61.7 Å². The highest BCUT2D eigenvalue weighted by molar-refractivity contribution is 6.03. The van der Waals surface area contributed by atoms with E-state index in [4.69, 9.17) is 0 Å². The van der Waals surface area contributed by atoms with E-state index in [-0.39, 0.29) is 17.6 Å². The third kappa shape index (κ3) is 3.42. The van der Waals surface area contributed by atoms with Gasteiger partial charge in [-0.05, 0) is 36.5 Å². The van der Waals surface area contributed by atoms with Gasteiger partial charge in [-0.2, -0.15) is 5.10 Å². The van der Waals surface area contributed by atoms with E-state index in [0.29, 0.717) is 23.6 Å². The molecule has 1 aliphatic carbocycles. The average molecular weight is 308 g/mol. The molecule has 3 rings (SSSR count). The average Bonchev–Trinajstić information content (AvgIpc) is 3.38.